The van der Waals surface area contributed by atoms with Crippen molar-refractivity contribution in [2.75, 3.05) is 5.32 Å². The molecule has 1 aliphatic rings. The van der Waals surface area contributed by atoms with Gasteiger partial charge in [-0.1, -0.05) is 0 Å². The monoisotopic (exact) mass is 266 g/mol. The predicted octanol–water partition coefficient (Wildman–Crippen LogP) is 2.96. The van der Waals surface area contributed by atoms with E-state index in [1.165, 1.54) is 12.1 Å². The molecule has 3 rings (SSSR count). The summed E-state index contributed by atoms with van der Waals surface area (Å²) in [4.78, 5) is 0. The maximum atomic E-state index is 12.9. The van der Waals surface area contributed by atoms with Crippen molar-refractivity contribution in [3.63, 3.8) is 0 Å². The minimum atomic E-state index is -3.57. The number of benzene rings is 1. The molecular weight excluding hydrogens is 254 g/mol. The smallest absolute Gasteiger partial charge is 0.395 e. The topological polar surface area (TPSA) is 35.4 Å². The standard InChI is InChI=1S/C13H12F2N2O2/c1-17-5-4-9(8-17)7-16-10-2-3-11-12(6-10)19-13(14,15)18-11/h2-6,8,16H,7H2,1H3. The first-order chi connectivity index (χ1) is 9.02. The summed E-state index contributed by atoms with van der Waals surface area (Å²) in [5.74, 6) is 0.0957. The van der Waals surface area contributed by atoms with Crippen LogP contribution in [0.5, 0.6) is 11.5 Å². The van der Waals surface area contributed by atoms with E-state index < -0.39 is 6.29 Å². The molecular formula is C13H12F2N2O2. The Balaban J connectivity index is 1.70. The summed E-state index contributed by atoms with van der Waals surface area (Å²) in [7, 11) is 1.94. The first-order valence-corrected chi connectivity index (χ1v) is 5.76. The molecule has 0 amide bonds. The normalized spacial score (nSPS) is 15.5. The molecule has 6 heteroatoms. The molecule has 19 heavy (non-hydrogen) atoms. The van der Waals surface area contributed by atoms with Gasteiger partial charge >= 0.3 is 6.29 Å². The van der Waals surface area contributed by atoms with E-state index in [-0.39, 0.29) is 11.5 Å². The lowest BCUT2D eigenvalue weighted by Gasteiger charge is -2.05. The predicted molar refractivity (Wildman–Crippen MR) is 65.4 cm³/mol. The molecule has 2 aromatic rings. The highest BCUT2D eigenvalue weighted by atomic mass is 19.3. The number of hydrogen-bond donors (Lipinski definition) is 1. The third kappa shape index (κ3) is 2.47. The minimum absolute atomic E-state index is 0.0445. The fourth-order valence-electron chi connectivity index (χ4n) is 1.93. The lowest BCUT2D eigenvalue weighted by atomic mass is 10.2. The number of hydrogen-bond acceptors (Lipinski definition) is 3. The van der Waals surface area contributed by atoms with Crippen LogP contribution in [0, 0.1) is 0 Å². The zero-order valence-corrected chi connectivity index (χ0v) is 10.2. The van der Waals surface area contributed by atoms with E-state index in [1.807, 2.05) is 30.1 Å². The van der Waals surface area contributed by atoms with Crippen LogP contribution in [0.1, 0.15) is 5.56 Å². The van der Waals surface area contributed by atoms with Crippen molar-refractivity contribution in [2.45, 2.75) is 12.8 Å². The van der Waals surface area contributed by atoms with Crippen LogP contribution in [0.2, 0.25) is 0 Å². The van der Waals surface area contributed by atoms with Crippen LogP contribution in [0.4, 0.5) is 14.5 Å². The second kappa shape index (κ2) is 4.15. The second-order valence-corrected chi connectivity index (χ2v) is 4.37. The summed E-state index contributed by atoms with van der Waals surface area (Å²) < 4.78 is 36.4. The van der Waals surface area contributed by atoms with Crippen LogP contribution >= 0.6 is 0 Å². The highest BCUT2D eigenvalue weighted by Gasteiger charge is 2.43. The summed E-state index contributed by atoms with van der Waals surface area (Å²) >= 11 is 0. The molecule has 1 aromatic carbocycles. The molecule has 1 N–H and O–H groups in total. The number of ether oxygens (including phenoxy) is 2. The van der Waals surface area contributed by atoms with Gasteiger partial charge in [-0.15, -0.1) is 8.78 Å². The van der Waals surface area contributed by atoms with Crippen molar-refractivity contribution in [1.29, 1.82) is 0 Å². The summed E-state index contributed by atoms with van der Waals surface area (Å²) in [6.07, 6.45) is 0.353. The minimum Gasteiger partial charge on any atom is -0.395 e. The van der Waals surface area contributed by atoms with Crippen molar-refractivity contribution in [3.8, 4) is 11.5 Å². The quantitative estimate of drug-likeness (QED) is 0.927. The van der Waals surface area contributed by atoms with Gasteiger partial charge in [-0.25, -0.2) is 0 Å². The first-order valence-electron chi connectivity index (χ1n) is 5.76. The molecule has 4 nitrogen and oxygen atoms in total. The molecule has 0 atom stereocenters. The van der Waals surface area contributed by atoms with Crippen molar-refractivity contribution >= 4 is 5.69 Å². The van der Waals surface area contributed by atoms with E-state index in [0.29, 0.717) is 12.2 Å². The van der Waals surface area contributed by atoms with Crippen molar-refractivity contribution < 1.29 is 18.3 Å². The van der Waals surface area contributed by atoms with Gasteiger partial charge in [0.1, 0.15) is 0 Å². The highest BCUT2D eigenvalue weighted by molar-refractivity contribution is 5.56. The van der Waals surface area contributed by atoms with Gasteiger partial charge in [-0.2, -0.15) is 0 Å². The maximum Gasteiger partial charge on any atom is 0.586 e. The average Bonchev–Trinajstić information content (AvgIpc) is 2.87. The Kier molecular flexibility index (Phi) is 2.58. The second-order valence-electron chi connectivity index (χ2n) is 4.37. The Morgan fingerprint density at radius 2 is 2.00 bits per heavy atom. The van der Waals surface area contributed by atoms with Gasteiger partial charge in [-0.3, -0.25) is 0 Å². The number of nitrogens with one attached hydrogen (secondary N) is 1. The molecule has 2 heterocycles. The van der Waals surface area contributed by atoms with Gasteiger partial charge in [0.25, 0.3) is 0 Å². The summed E-state index contributed by atoms with van der Waals surface area (Å²) in [5, 5.41) is 3.14. The maximum absolute atomic E-state index is 12.9. The molecule has 0 radical (unpaired) electrons. The van der Waals surface area contributed by atoms with E-state index in [4.69, 9.17) is 0 Å². The van der Waals surface area contributed by atoms with Crippen LogP contribution in [0.25, 0.3) is 0 Å². The van der Waals surface area contributed by atoms with Gasteiger partial charge in [0.15, 0.2) is 11.5 Å². The van der Waals surface area contributed by atoms with Crippen molar-refractivity contribution in [3.05, 3.63) is 42.2 Å². The zero-order chi connectivity index (χ0) is 13.5. The Morgan fingerprint density at radius 1 is 1.21 bits per heavy atom. The molecule has 0 unspecified atom stereocenters. The molecule has 0 spiro atoms. The van der Waals surface area contributed by atoms with E-state index in [0.717, 1.165) is 5.56 Å². The van der Waals surface area contributed by atoms with Crippen molar-refractivity contribution in [1.82, 2.24) is 4.57 Å². The van der Waals surface area contributed by atoms with Gasteiger partial charge in [-0.05, 0) is 23.8 Å². The number of fused-ring (bicyclic) bond motifs is 1. The van der Waals surface area contributed by atoms with E-state index in [2.05, 4.69) is 14.8 Å². The molecule has 100 valence electrons. The number of nitrogens with zero attached hydrogens (tertiary/aromatic N) is 1. The molecule has 1 aliphatic heterocycles. The van der Waals surface area contributed by atoms with Crippen LogP contribution in [0.3, 0.4) is 0 Å². The number of halogens is 2. The lowest BCUT2D eigenvalue weighted by molar-refractivity contribution is -0.286. The van der Waals surface area contributed by atoms with Gasteiger partial charge < -0.3 is 19.4 Å². The van der Waals surface area contributed by atoms with Crippen LogP contribution in [-0.4, -0.2) is 10.9 Å². The van der Waals surface area contributed by atoms with Crippen LogP contribution < -0.4 is 14.8 Å². The Bertz CT molecular complexity index is 610. The van der Waals surface area contributed by atoms with Gasteiger partial charge in [0, 0.05) is 37.7 Å². The highest BCUT2D eigenvalue weighted by Crippen LogP contribution is 2.42. The fraction of sp³-hybridized carbons (Fsp3) is 0.231. The molecule has 0 saturated carbocycles. The SMILES string of the molecule is Cn1ccc(CNc2ccc3c(c2)OC(F)(F)O3)c1. The molecule has 0 fully saturated rings. The Labute approximate surface area is 108 Å². The largest absolute Gasteiger partial charge is 0.586 e. The van der Waals surface area contributed by atoms with E-state index in [1.54, 1.807) is 6.07 Å². The number of aromatic nitrogens is 1. The number of alkyl halides is 2. The number of aryl methyl sites for hydroxylation is 1. The molecule has 0 bridgehead atoms. The van der Waals surface area contributed by atoms with Crippen molar-refractivity contribution in [2.24, 2.45) is 7.05 Å². The number of anilines is 1. The fourth-order valence-corrected chi connectivity index (χ4v) is 1.93. The third-order valence-electron chi connectivity index (χ3n) is 2.79. The zero-order valence-electron chi connectivity index (χ0n) is 10.2. The summed E-state index contributed by atoms with van der Waals surface area (Å²) in [6.45, 7) is 0.608. The van der Waals surface area contributed by atoms with Crippen LogP contribution in [0.15, 0.2) is 36.7 Å². The molecule has 0 saturated heterocycles. The third-order valence-corrected chi connectivity index (χ3v) is 2.79. The van der Waals surface area contributed by atoms with Crippen LogP contribution in [-0.2, 0) is 13.6 Å². The average molecular weight is 266 g/mol. The Morgan fingerprint density at radius 3 is 2.74 bits per heavy atom. The molecule has 1 aromatic heterocycles. The van der Waals surface area contributed by atoms with E-state index in [9.17, 15) is 8.78 Å². The summed E-state index contributed by atoms with van der Waals surface area (Å²) in [5.41, 5.74) is 1.80. The van der Waals surface area contributed by atoms with E-state index >= 15 is 0 Å². The lowest BCUT2D eigenvalue weighted by Crippen LogP contribution is -2.25. The number of rotatable bonds is 3. The van der Waals surface area contributed by atoms with Gasteiger partial charge in [0.2, 0.25) is 0 Å². The first kappa shape index (κ1) is 11.8. The summed E-state index contributed by atoms with van der Waals surface area (Å²) in [6, 6.07) is 6.61. The molecule has 0 aliphatic carbocycles. The van der Waals surface area contributed by atoms with Gasteiger partial charge in [0.05, 0.1) is 0 Å². The Hall–Kier alpha value is -2.24.